The standard InChI is InChI=1S/C17H23NO3/c1-11-12(2)21-16-14(11)6-3-7-15(16)17(20)18-8-4-5-13(9-18)10-19/h3,6-7,11-13,19H,4-5,8-10H2,1-2H3. The molecule has 3 unspecified atom stereocenters. The van der Waals surface area contributed by atoms with Crippen molar-refractivity contribution in [3.63, 3.8) is 0 Å². The number of aliphatic hydroxyl groups is 1. The van der Waals surface area contributed by atoms with Gasteiger partial charge in [-0.2, -0.15) is 0 Å². The van der Waals surface area contributed by atoms with Crippen LogP contribution in [0, 0.1) is 5.92 Å². The molecule has 1 amide bonds. The molecular weight excluding hydrogens is 266 g/mol. The second kappa shape index (κ2) is 5.68. The van der Waals surface area contributed by atoms with E-state index in [0.29, 0.717) is 18.0 Å². The molecule has 0 aromatic heterocycles. The molecule has 4 heteroatoms. The van der Waals surface area contributed by atoms with Gasteiger partial charge in [0.25, 0.3) is 5.91 Å². The number of carbonyl (C=O) groups is 1. The largest absolute Gasteiger partial charge is 0.489 e. The molecule has 21 heavy (non-hydrogen) atoms. The van der Waals surface area contributed by atoms with Crippen molar-refractivity contribution in [1.29, 1.82) is 0 Å². The van der Waals surface area contributed by atoms with Gasteiger partial charge in [-0.1, -0.05) is 19.1 Å². The molecule has 1 saturated heterocycles. The van der Waals surface area contributed by atoms with Crippen molar-refractivity contribution in [3.8, 4) is 5.75 Å². The van der Waals surface area contributed by atoms with Gasteiger partial charge in [-0.3, -0.25) is 4.79 Å². The number of piperidine rings is 1. The molecule has 114 valence electrons. The van der Waals surface area contributed by atoms with Gasteiger partial charge in [0.2, 0.25) is 0 Å². The molecule has 1 aromatic carbocycles. The lowest BCUT2D eigenvalue weighted by atomic mass is 9.95. The average Bonchev–Trinajstić information content (AvgIpc) is 2.82. The minimum Gasteiger partial charge on any atom is -0.489 e. The molecule has 2 aliphatic heterocycles. The van der Waals surface area contributed by atoms with Crippen LogP contribution >= 0.6 is 0 Å². The Morgan fingerprint density at radius 1 is 1.43 bits per heavy atom. The summed E-state index contributed by atoms with van der Waals surface area (Å²) < 4.78 is 5.92. The zero-order valence-corrected chi connectivity index (χ0v) is 12.7. The highest BCUT2D eigenvalue weighted by Crippen LogP contribution is 2.40. The normalized spacial score (nSPS) is 28.1. The highest BCUT2D eigenvalue weighted by atomic mass is 16.5. The molecule has 1 aromatic rings. The van der Waals surface area contributed by atoms with Crippen molar-refractivity contribution in [1.82, 2.24) is 4.90 Å². The smallest absolute Gasteiger partial charge is 0.257 e. The SMILES string of the molecule is CC1Oc2c(C(=O)N3CCCC(CO)C3)cccc2C1C. The first-order valence-corrected chi connectivity index (χ1v) is 7.81. The summed E-state index contributed by atoms with van der Waals surface area (Å²) in [4.78, 5) is 14.7. The first-order chi connectivity index (χ1) is 10.1. The number of hydrogen-bond acceptors (Lipinski definition) is 3. The molecule has 2 heterocycles. The lowest BCUT2D eigenvalue weighted by Gasteiger charge is -2.32. The van der Waals surface area contributed by atoms with Crippen molar-refractivity contribution in [2.75, 3.05) is 19.7 Å². The third kappa shape index (κ3) is 2.53. The van der Waals surface area contributed by atoms with Crippen molar-refractivity contribution in [3.05, 3.63) is 29.3 Å². The number of ether oxygens (including phenoxy) is 1. The predicted molar refractivity (Wildman–Crippen MR) is 80.7 cm³/mol. The van der Waals surface area contributed by atoms with Crippen LogP contribution in [0.15, 0.2) is 18.2 Å². The second-order valence-electron chi connectivity index (χ2n) is 6.28. The molecule has 1 N–H and O–H groups in total. The highest BCUT2D eigenvalue weighted by Gasteiger charge is 2.33. The van der Waals surface area contributed by atoms with Crippen LogP contribution in [0.25, 0.3) is 0 Å². The van der Waals surface area contributed by atoms with Gasteiger partial charge < -0.3 is 14.7 Å². The van der Waals surface area contributed by atoms with Gasteiger partial charge in [0, 0.05) is 31.2 Å². The Labute approximate surface area is 125 Å². The van der Waals surface area contributed by atoms with Crippen LogP contribution in [0.3, 0.4) is 0 Å². The monoisotopic (exact) mass is 289 g/mol. The van der Waals surface area contributed by atoms with Crippen LogP contribution in [0.2, 0.25) is 0 Å². The van der Waals surface area contributed by atoms with E-state index in [-0.39, 0.29) is 24.5 Å². The van der Waals surface area contributed by atoms with E-state index in [0.717, 1.165) is 30.7 Å². The van der Waals surface area contributed by atoms with Gasteiger partial charge in [-0.25, -0.2) is 0 Å². The number of fused-ring (bicyclic) bond motifs is 1. The number of likely N-dealkylation sites (tertiary alicyclic amines) is 1. The van der Waals surface area contributed by atoms with Crippen molar-refractivity contribution >= 4 is 5.91 Å². The summed E-state index contributed by atoms with van der Waals surface area (Å²) in [5.41, 5.74) is 1.80. The Balaban J connectivity index is 1.86. The fourth-order valence-corrected chi connectivity index (χ4v) is 3.32. The summed E-state index contributed by atoms with van der Waals surface area (Å²) >= 11 is 0. The van der Waals surface area contributed by atoms with E-state index in [2.05, 4.69) is 6.92 Å². The fourth-order valence-electron chi connectivity index (χ4n) is 3.32. The summed E-state index contributed by atoms with van der Waals surface area (Å²) in [5.74, 6) is 1.32. The number of hydrogen-bond donors (Lipinski definition) is 1. The highest BCUT2D eigenvalue weighted by molar-refractivity contribution is 5.97. The number of benzene rings is 1. The van der Waals surface area contributed by atoms with Crippen LogP contribution < -0.4 is 4.74 Å². The van der Waals surface area contributed by atoms with Gasteiger partial charge in [-0.05, 0) is 31.7 Å². The van der Waals surface area contributed by atoms with Crippen molar-refractivity contribution < 1.29 is 14.6 Å². The van der Waals surface area contributed by atoms with E-state index in [4.69, 9.17) is 4.74 Å². The van der Waals surface area contributed by atoms with Crippen LogP contribution in [-0.2, 0) is 0 Å². The molecular formula is C17H23NO3. The molecule has 0 radical (unpaired) electrons. The Bertz CT molecular complexity index is 543. The van der Waals surface area contributed by atoms with E-state index in [1.54, 1.807) is 0 Å². The lowest BCUT2D eigenvalue weighted by Crippen LogP contribution is -2.41. The van der Waals surface area contributed by atoms with Crippen molar-refractivity contribution in [2.24, 2.45) is 5.92 Å². The van der Waals surface area contributed by atoms with E-state index < -0.39 is 0 Å². The minimum atomic E-state index is 0.0336. The van der Waals surface area contributed by atoms with Gasteiger partial charge >= 0.3 is 0 Å². The third-order valence-electron chi connectivity index (χ3n) is 4.84. The van der Waals surface area contributed by atoms with E-state index in [1.165, 1.54) is 0 Å². The van der Waals surface area contributed by atoms with Gasteiger partial charge in [0.1, 0.15) is 11.9 Å². The first kappa shape index (κ1) is 14.4. The molecule has 3 rings (SSSR count). The lowest BCUT2D eigenvalue weighted by molar-refractivity contribution is 0.0616. The number of aliphatic hydroxyl groups excluding tert-OH is 1. The molecule has 2 aliphatic rings. The second-order valence-corrected chi connectivity index (χ2v) is 6.28. The Morgan fingerprint density at radius 3 is 3.00 bits per heavy atom. The topological polar surface area (TPSA) is 49.8 Å². The van der Waals surface area contributed by atoms with E-state index in [9.17, 15) is 9.90 Å². The van der Waals surface area contributed by atoms with Crippen LogP contribution in [-0.4, -0.2) is 41.7 Å². The molecule has 0 saturated carbocycles. The number of carbonyl (C=O) groups excluding carboxylic acids is 1. The first-order valence-electron chi connectivity index (χ1n) is 7.81. The average molecular weight is 289 g/mol. The van der Waals surface area contributed by atoms with E-state index in [1.807, 2.05) is 30.0 Å². The molecule has 1 fully saturated rings. The number of para-hydroxylation sites is 1. The molecule has 3 atom stereocenters. The zero-order valence-electron chi connectivity index (χ0n) is 12.7. The molecule has 0 aliphatic carbocycles. The fraction of sp³-hybridized carbons (Fsp3) is 0.588. The summed E-state index contributed by atoms with van der Waals surface area (Å²) in [6.07, 6.45) is 2.07. The molecule has 0 spiro atoms. The summed E-state index contributed by atoms with van der Waals surface area (Å²) in [5, 5.41) is 9.32. The van der Waals surface area contributed by atoms with Gasteiger partial charge in [-0.15, -0.1) is 0 Å². The number of amides is 1. The Hall–Kier alpha value is -1.55. The van der Waals surface area contributed by atoms with Gasteiger partial charge in [0.05, 0.1) is 5.56 Å². The maximum Gasteiger partial charge on any atom is 0.257 e. The third-order valence-corrected chi connectivity index (χ3v) is 4.84. The van der Waals surface area contributed by atoms with Gasteiger partial charge in [0.15, 0.2) is 0 Å². The summed E-state index contributed by atoms with van der Waals surface area (Å²) in [6, 6.07) is 5.85. The maximum absolute atomic E-state index is 12.8. The van der Waals surface area contributed by atoms with Crippen LogP contribution in [0.4, 0.5) is 0 Å². The number of nitrogens with zero attached hydrogens (tertiary/aromatic N) is 1. The molecule has 0 bridgehead atoms. The predicted octanol–water partition coefficient (Wildman–Crippen LogP) is 2.42. The quantitative estimate of drug-likeness (QED) is 0.909. The Kier molecular flexibility index (Phi) is 3.89. The van der Waals surface area contributed by atoms with Crippen LogP contribution in [0.5, 0.6) is 5.75 Å². The Morgan fingerprint density at radius 2 is 2.24 bits per heavy atom. The summed E-state index contributed by atoms with van der Waals surface area (Å²) in [6.45, 7) is 5.74. The van der Waals surface area contributed by atoms with E-state index >= 15 is 0 Å². The van der Waals surface area contributed by atoms with Crippen LogP contribution in [0.1, 0.15) is 48.5 Å². The maximum atomic E-state index is 12.8. The minimum absolute atomic E-state index is 0.0336. The zero-order chi connectivity index (χ0) is 15.0. The number of rotatable bonds is 2. The summed E-state index contributed by atoms with van der Waals surface area (Å²) in [7, 11) is 0. The molecule has 4 nitrogen and oxygen atoms in total. The van der Waals surface area contributed by atoms with Crippen molar-refractivity contribution in [2.45, 2.75) is 38.7 Å².